The highest BCUT2D eigenvalue weighted by Crippen LogP contribution is 2.28. The Bertz CT molecular complexity index is 595. The second-order valence-corrected chi connectivity index (χ2v) is 5.75. The Morgan fingerprint density at radius 2 is 2.10 bits per heavy atom. The van der Waals surface area contributed by atoms with E-state index in [1.807, 2.05) is 0 Å². The predicted octanol–water partition coefficient (Wildman–Crippen LogP) is 0.648. The highest BCUT2D eigenvalue weighted by atomic mass is 32.2. The van der Waals surface area contributed by atoms with Crippen LogP contribution in [-0.2, 0) is 19.6 Å². The van der Waals surface area contributed by atoms with Crippen molar-refractivity contribution in [1.29, 1.82) is 0 Å². The fourth-order valence-corrected chi connectivity index (χ4v) is 2.64. The van der Waals surface area contributed by atoms with Gasteiger partial charge in [-0.05, 0) is 19.1 Å². The number of hydrogen-bond acceptors (Lipinski definition) is 6. The number of nitrogens with one attached hydrogen (secondary N) is 1. The minimum atomic E-state index is -3.97. The predicted molar refractivity (Wildman–Crippen MR) is 73.8 cm³/mol. The molecular formula is C12H17FN2O5S. The van der Waals surface area contributed by atoms with Crippen molar-refractivity contribution in [3.63, 3.8) is 0 Å². The van der Waals surface area contributed by atoms with Crippen molar-refractivity contribution < 1.29 is 27.1 Å². The third-order valence-corrected chi connectivity index (χ3v) is 3.93. The van der Waals surface area contributed by atoms with E-state index in [1.54, 1.807) is 6.92 Å². The molecule has 0 saturated heterocycles. The second-order valence-electron chi connectivity index (χ2n) is 3.98. The number of rotatable bonds is 7. The Morgan fingerprint density at radius 1 is 1.43 bits per heavy atom. The van der Waals surface area contributed by atoms with E-state index in [0.717, 1.165) is 12.1 Å². The molecule has 21 heavy (non-hydrogen) atoms. The molecule has 9 heteroatoms. The Balaban J connectivity index is 2.82. The zero-order chi connectivity index (χ0) is 16.0. The van der Waals surface area contributed by atoms with Crippen molar-refractivity contribution in [3.8, 4) is 5.75 Å². The molecule has 0 aliphatic carbocycles. The lowest BCUT2D eigenvalue weighted by molar-refractivity contribution is -0.142. The van der Waals surface area contributed by atoms with Crippen LogP contribution in [0.1, 0.15) is 13.3 Å². The van der Waals surface area contributed by atoms with Crippen LogP contribution in [0.5, 0.6) is 5.75 Å². The molecular weight excluding hydrogens is 303 g/mol. The summed E-state index contributed by atoms with van der Waals surface area (Å²) in [4.78, 5) is 10.8. The lowest BCUT2D eigenvalue weighted by atomic mass is 10.3. The number of nitrogens with two attached hydrogens (primary N) is 1. The highest BCUT2D eigenvalue weighted by molar-refractivity contribution is 7.89. The van der Waals surface area contributed by atoms with Crippen molar-refractivity contribution in [2.75, 3.05) is 26.0 Å². The molecule has 0 aliphatic heterocycles. The van der Waals surface area contributed by atoms with Crippen LogP contribution in [0.2, 0.25) is 0 Å². The van der Waals surface area contributed by atoms with Gasteiger partial charge in [0.25, 0.3) is 0 Å². The molecule has 3 N–H and O–H groups in total. The lowest BCUT2D eigenvalue weighted by Gasteiger charge is -2.10. The first-order valence-corrected chi connectivity index (χ1v) is 7.58. The highest BCUT2D eigenvalue weighted by Gasteiger charge is 2.19. The summed E-state index contributed by atoms with van der Waals surface area (Å²) in [6.45, 7) is 1.70. The molecule has 1 aromatic carbocycles. The molecule has 1 rings (SSSR count). The number of methoxy groups -OCH3 is 1. The summed E-state index contributed by atoms with van der Waals surface area (Å²) in [7, 11) is -2.75. The number of sulfonamides is 1. The van der Waals surface area contributed by atoms with Crippen LogP contribution in [0.4, 0.5) is 10.1 Å². The van der Waals surface area contributed by atoms with Crippen LogP contribution in [0.25, 0.3) is 0 Å². The fourth-order valence-electron chi connectivity index (χ4n) is 1.56. The number of anilines is 1. The quantitative estimate of drug-likeness (QED) is 0.564. The largest absolute Gasteiger partial charge is 0.492 e. The number of nitrogen functional groups attached to an aromatic ring is 1. The molecule has 0 spiro atoms. The monoisotopic (exact) mass is 320 g/mol. The molecule has 0 heterocycles. The number of benzene rings is 1. The van der Waals surface area contributed by atoms with E-state index in [4.69, 9.17) is 10.5 Å². The van der Waals surface area contributed by atoms with Gasteiger partial charge in [-0.3, -0.25) is 4.79 Å². The van der Waals surface area contributed by atoms with E-state index >= 15 is 0 Å². The van der Waals surface area contributed by atoms with Gasteiger partial charge in [0.05, 0.1) is 30.7 Å². The van der Waals surface area contributed by atoms with Gasteiger partial charge in [0.15, 0.2) is 11.6 Å². The van der Waals surface area contributed by atoms with E-state index in [0.29, 0.717) is 0 Å². The van der Waals surface area contributed by atoms with E-state index in [9.17, 15) is 17.6 Å². The van der Waals surface area contributed by atoms with Gasteiger partial charge in [0.1, 0.15) is 0 Å². The smallest absolute Gasteiger partial charge is 0.307 e. The zero-order valence-corrected chi connectivity index (χ0v) is 12.5. The maximum absolute atomic E-state index is 13.6. The summed E-state index contributed by atoms with van der Waals surface area (Å²) in [5, 5.41) is 0. The van der Waals surface area contributed by atoms with Crippen molar-refractivity contribution >= 4 is 21.7 Å². The van der Waals surface area contributed by atoms with E-state index in [-0.39, 0.29) is 35.9 Å². The summed E-state index contributed by atoms with van der Waals surface area (Å²) in [6, 6.07) is 1.87. The van der Waals surface area contributed by atoms with E-state index < -0.39 is 21.8 Å². The minimum Gasteiger partial charge on any atom is -0.492 e. The van der Waals surface area contributed by atoms with Crippen molar-refractivity contribution in [2.24, 2.45) is 0 Å². The summed E-state index contributed by atoms with van der Waals surface area (Å²) >= 11 is 0. The van der Waals surface area contributed by atoms with Gasteiger partial charge in [0.2, 0.25) is 10.0 Å². The molecule has 0 fully saturated rings. The van der Waals surface area contributed by atoms with Crippen molar-refractivity contribution in [2.45, 2.75) is 18.2 Å². The second kappa shape index (κ2) is 7.23. The van der Waals surface area contributed by atoms with Gasteiger partial charge < -0.3 is 15.2 Å². The Morgan fingerprint density at radius 3 is 2.62 bits per heavy atom. The molecule has 0 aromatic heterocycles. The van der Waals surface area contributed by atoms with Gasteiger partial charge in [-0.25, -0.2) is 17.5 Å². The Labute approximate surface area is 122 Å². The summed E-state index contributed by atoms with van der Waals surface area (Å²) in [5.74, 6) is -1.63. The van der Waals surface area contributed by atoms with Gasteiger partial charge in [0, 0.05) is 6.54 Å². The molecule has 0 radical (unpaired) electrons. The van der Waals surface area contributed by atoms with Crippen LogP contribution >= 0.6 is 0 Å². The number of ether oxygens (including phenoxy) is 2. The van der Waals surface area contributed by atoms with Crippen LogP contribution < -0.4 is 15.2 Å². The molecule has 0 amide bonds. The molecule has 1 aromatic rings. The normalized spacial score (nSPS) is 11.2. The lowest BCUT2D eigenvalue weighted by Crippen LogP contribution is -2.27. The molecule has 118 valence electrons. The SMILES string of the molecule is CCOC(=O)CCNS(=O)(=O)c1cc(N)c(OC)c(F)c1. The van der Waals surface area contributed by atoms with Crippen molar-refractivity contribution in [1.82, 2.24) is 4.72 Å². The minimum absolute atomic E-state index is 0.124. The maximum Gasteiger partial charge on any atom is 0.307 e. The number of hydrogen-bond donors (Lipinski definition) is 2. The first-order chi connectivity index (χ1) is 9.81. The standard InChI is InChI=1S/C12H17FN2O5S/c1-3-20-11(16)4-5-15-21(17,18)8-6-9(13)12(19-2)10(14)7-8/h6-7,15H,3-5,14H2,1-2H3. The number of halogens is 1. The first kappa shape index (κ1) is 17.2. The Kier molecular flexibility index (Phi) is 5.91. The summed E-state index contributed by atoms with van der Waals surface area (Å²) in [5.41, 5.74) is 5.38. The molecule has 0 atom stereocenters. The van der Waals surface area contributed by atoms with Crippen LogP contribution in [0, 0.1) is 5.82 Å². The number of esters is 1. The number of carbonyl (C=O) groups is 1. The third-order valence-electron chi connectivity index (χ3n) is 2.49. The van der Waals surface area contributed by atoms with Gasteiger partial charge in [-0.15, -0.1) is 0 Å². The van der Waals surface area contributed by atoms with Crippen LogP contribution in [-0.4, -0.2) is 34.6 Å². The van der Waals surface area contributed by atoms with E-state index in [1.165, 1.54) is 7.11 Å². The van der Waals surface area contributed by atoms with Gasteiger partial charge in [-0.1, -0.05) is 0 Å². The van der Waals surface area contributed by atoms with Gasteiger partial charge in [-0.2, -0.15) is 0 Å². The van der Waals surface area contributed by atoms with Gasteiger partial charge >= 0.3 is 5.97 Å². The molecule has 0 bridgehead atoms. The van der Waals surface area contributed by atoms with Crippen molar-refractivity contribution in [3.05, 3.63) is 17.9 Å². The topological polar surface area (TPSA) is 108 Å². The molecule has 0 saturated carbocycles. The average Bonchev–Trinajstić information content (AvgIpc) is 2.38. The third kappa shape index (κ3) is 4.57. The van der Waals surface area contributed by atoms with Crippen LogP contribution in [0.15, 0.2) is 17.0 Å². The molecule has 7 nitrogen and oxygen atoms in total. The number of carbonyl (C=O) groups excluding carboxylic acids is 1. The fraction of sp³-hybridized carbons (Fsp3) is 0.417. The first-order valence-electron chi connectivity index (χ1n) is 6.10. The summed E-state index contributed by atoms with van der Waals surface area (Å²) < 4.78 is 49.1. The van der Waals surface area contributed by atoms with E-state index in [2.05, 4.69) is 9.46 Å². The Hall–Kier alpha value is -1.87. The maximum atomic E-state index is 13.6. The van der Waals surface area contributed by atoms with Crippen LogP contribution in [0.3, 0.4) is 0 Å². The average molecular weight is 320 g/mol. The molecule has 0 aliphatic rings. The molecule has 0 unspecified atom stereocenters. The summed E-state index contributed by atoms with van der Waals surface area (Å²) in [6.07, 6.45) is -0.124. The zero-order valence-electron chi connectivity index (χ0n) is 11.7.